The van der Waals surface area contributed by atoms with Crippen LogP contribution in [0.25, 0.3) is 0 Å². The minimum Gasteiger partial charge on any atom is -0.380 e. The van der Waals surface area contributed by atoms with Crippen LogP contribution in [-0.2, 0) is 11.3 Å². The highest BCUT2D eigenvalue weighted by molar-refractivity contribution is 14.0. The van der Waals surface area contributed by atoms with Gasteiger partial charge in [-0.25, -0.2) is 4.99 Å². The van der Waals surface area contributed by atoms with E-state index in [0.29, 0.717) is 24.0 Å². The number of anilines is 1. The average molecular weight is 373 g/mol. The monoisotopic (exact) mass is 373 g/mol. The summed E-state index contributed by atoms with van der Waals surface area (Å²) in [7, 11) is 1.69. The van der Waals surface area contributed by atoms with Gasteiger partial charge in [0, 0.05) is 18.4 Å². The lowest BCUT2D eigenvalue weighted by Crippen LogP contribution is -2.24. The third-order valence-electron chi connectivity index (χ3n) is 3.91. The van der Waals surface area contributed by atoms with Gasteiger partial charge >= 0.3 is 0 Å². The van der Waals surface area contributed by atoms with E-state index >= 15 is 0 Å². The number of rotatable bonds is 4. The molecule has 3 N–H and O–H groups in total. The fourth-order valence-corrected chi connectivity index (χ4v) is 2.47. The van der Waals surface area contributed by atoms with Crippen LogP contribution < -0.4 is 11.1 Å². The SMILES string of the molecule is COCc1ccccc1NC(N)=NC1CC12CC2.I. The summed E-state index contributed by atoms with van der Waals surface area (Å²) in [5.74, 6) is 0.521. The molecule has 5 heteroatoms. The molecular weight excluding hydrogens is 353 g/mol. The molecule has 4 nitrogen and oxygen atoms in total. The molecular formula is C14H20IN3O. The van der Waals surface area contributed by atoms with Crippen molar-refractivity contribution in [3.8, 4) is 0 Å². The van der Waals surface area contributed by atoms with E-state index in [0.717, 1.165) is 11.3 Å². The molecule has 0 aliphatic heterocycles. The van der Waals surface area contributed by atoms with Crippen LogP contribution >= 0.6 is 24.0 Å². The summed E-state index contributed by atoms with van der Waals surface area (Å²) in [5, 5.41) is 3.18. The summed E-state index contributed by atoms with van der Waals surface area (Å²) in [4.78, 5) is 4.54. The van der Waals surface area contributed by atoms with E-state index in [2.05, 4.69) is 10.3 Å². The Morgan fingerprint density at radius 2 is 2.21 bits per heavy atom. The van der Waals surface area contributed by atoms with Gasteiger partial charge in [-0.3, -0.25) is 0 Å². The number of ether oxygens (including phenoxy) is 1. The Kier molecular flexibility index (Phi) is 4.35. The van der Waals surface area contributed by atoms with Crippen molar-refractivity contribution in [2.75, 3.05) is 12.4 Å². The van der Waals surface area contributed by atoms with Gasteiger partial charge in [0.15, 0.2) is 5.96 Å². The zero-order chi connectivity index (χ0) is 12.6. The molecule has 0 amide bonds. The van der Waals surface area contributed by atoms with Crippen LogP contribution in [0.4, 0.5) is 5.69 Å². The zero-order valence-electron chi connectivity index (χ0n) is 11.1. The topological polar surface area (TPSA) is 59.6 Å². The molecule has 1 unspecified atom stereocenters. The van der Waals surface area contributed by atoms with E-state index < -0.39 is 0 Å². The molecule has 0 saturated heterocycles. The molecule has 2 fully saturated rings. The molecule has 0 aromatic heterocycles. The second kappa shape index (κ2) is 5.66. The van der Waals surface area contributed by atoms with Crippen molar-refractivity contribution in [2.45, 2.75) is 31.9 Å². The van der Waals surface area contributed by atoms with Crippen LogP contribution in [0.5, 0.6) is 0 Å². The Labute approximate surface area is 130 Å². The standard InChI is InChI=1S/C14H19N3O.HI/c1-18-9-10-4-2-3-5-11(10)16-13(15)17-12-8-14(12)6-7-14;/h2-5,12H,6-9H2,1H3,(H3,15,16,17);1H. The minimum absolute atomic E-state index is 0. The Hall–Kier alpha value is -0.820. The van der Waals surface area contributed by atoms with Crippen LogP contribution in [0.1, 0.15) is 24.8 Å². The van der Waals surface area contributed by atoms with Crippen molar-refractivity contribution in [2.24, 2.45) is 16.1 Å². The van der Waals surface area contributed by atoms with Crippen molar-refractivity contribution in [3.05, 3.63) is 29.8 Å². The molecule has 1 spiro atoms. The summed E-state index contributed by atoms with van der Waals surface area (Å²) in [6.45, 7) is 0.573. The Morgan fingerprint density at radius 3 is 2.84 bits per heavy atom. The van der Waals surface area contributed by atoms with Crippen molar-refractivity contribution >= 4 is 35.6 Å². The van der Waals surface area contributed by atoms with Crippen LogP contribution in [0.2, 0.25) is 0 Å². The van der Waals surface area contributed by atoms with E-state index in [1.54, 1.807) is 7.11 Å². The number of hydrogen-bond donors (Lipinski definition) is 2. The van der Waals surface area contributed by atoms with Crippen LogP contribution in [0.15, 0.2) is 29.3 Å². The normalized spacial score (nSPS) is 22.8. The van der Waals surface area contributed by atoms with E-state index in [-0.39, 0.29) is 24.0 Å². The Morgan fingerprint density at radius 1 is 1.47 bits per heavy atom. The first-order valence-electron chi connectivity index (χ1n) is 6.41. The number of hydrogen-bond acceptors (Lipinski definition) is 2. The maximum Gasteiger partial charge on any atom is 0.193 e. The smallest absolute Gasteiger partial charge is 0.193 e. The molecule has 104 valence electrons. The molecule has 19 heavy (non-hydrogen) atoms. The molecule has 0 bridgehead atoms. The van der Waals surface area contributed by atoms with Crippen LogP contribution in [0, 0.1) is 5.41 Å². The summed E-state index contributed by atoms with van der Waals surface area (Å²) in [6, 6.07) is 8.45. The van der Waals surface area contributed by atoms with Gasteiger partial charge in [-0.05, 0) is 30.7 Å². The number of methoxy groups -OCH3 is 1. The number of nitrogens with zero attached hydrogens (tertiary/aromatic N) is 1. The highest BCUT2D eigenvalue weighted by atomic mass is 127. The lowest BCUT2D eigenvalue weighted by molar-refractivity contribution is 0.185. The van der Waals surface area contributed by atoms with Gasteiger partial charge in [0.2, 0.25) is 0 Å². The number of halogens is 1. The highest BCUT2D eigenvalue weighted by Crippen LogP contribution is 2.67. The third kappa shape index (κ3) is 3.20. The molecule has 1 aromatic carbocycles. The van der Waals surface area contributed by atoms with Crippen molar-refractivity contribution in [1.82, 2.24) is 0 Å². The zero-order valence-corrected chi connectivity index (χ0v) is 13.4. The summed E-state index contributed by atoms with van der Waals surface area (Å²) >= 11 is 0. The molecule has 1 atom stereocenters. The molecule has 2 saturated carbocycles. The largest absolute Gasteiger partial charge is 0.380 e. The Bertz CT molecular complexity index is 485. The van der Waals surface area contributed by atoms with Gasteiger partial charge in [0.25, 0.3) is 0 Å². The molecule has 2 aliphatic rings. The number of guanidine groups is 1. The fourth-order valence-electron chi connectivity index (χ4n) is 2.47. The quantitative estimate of drug-likeness (QED) is 0.485. The van der Waals surface area contributed by atoms with Gasteiger partial charge < -0.3 is 15.8 Å². The highest BCUT2D eigenvalue weighted by Gasteiger charge is 2.63. The molecule has 2 aliphatic carbocycles. The van der Waals surface area contributed by atoms with E-state index in [1.807, 2.05) is 24.3 Å². The number of nitrogens with two attached hydrogens (primary N) is 1. The van der Waals surface area contributed by atoms with Crippen molar-refractivity contribution < 1.29 is 4.74 Å². The first-order valence-corrected chi connectivity index (χ1v) is 6.41. The average Bonchev–Trinajstić information content (AvgIpc) is 3.24. The lowest BCUT2D eigenvalue weighted by Gasteiger charge is -2.10. The molecule has 0 radical (unpaired) electrons. The second-order valence-corrected chi connectivity index (χ2v) is 5.31. The fraction of sp³-hybridized carbons (Fsp3) is 0.500. The minimum atomic E-state index is 0. The number of benzene rings is 1. The molecule has 3 rings (SSSR count). The first kappa shape index (κ1) is 14.6. The second-order valence-electron chi connectivity index (χ2n) is 5.31. The predicted octanol–water partition coefficient (Wildman–Crippen LogP) is 2.73. The number of nitrogens with one attached hydrogen (secondary N) is 1. The maximum absolute atomic E-state index is 5.96. The number of para-hydroxylation sites is 1. The van der Waals surface area contributed by atoms with Gasteiger partial charge in [-0.15, -0.1) is 24.0 Å². The Balaban J connectivity index is 0.00000133. The van der Waals surface area contributed by atoms with Crippen LogP contribution in [0.3, 0.4) is 0 Å². The van der Waals surface area contributed by atoms with Gasteiger partial charge in [0.05, 0.1) is 12.6 Å². The van der Waals surface area contributed by atoms with Gasteiger partial charge in [0.1, 0.15) is 0 Å². The third-order valence-corrected chi connectivity index (χ3v) is 3.91. The van der Waals surface area contributed by atoms with Crippen molar-refractivity contribution in [1.29, 1.82) is 0 Å². The maximum atomic E-state index is 5.96. The van der Waals surface area contributed by atoms with Crippen LogP contribution in [-0.4, -0.2) is 19.1 Å². The summed E-state index contributed by atoms with van der Waals surface area (Å²) in [5.41, 5.74) is 8.58. The van der Waals surface area contributed by atoms with E-state index in [9.17, 15) is 0 Å². The lowest BCUT2D eigenvalue weighted by atomic mass is 10.2. The van der Waals surface area contributed by atoms with Gasteiger partial charge in [-0.2, -0.15) is 0 Å². The van der Waals surface area contributed by atoms with Gasteiger partial charge in [-0.1, -0.05) is 18.2 Å². The first-order chi connectivity index (χ1) is 8.73. The number of aliphatic imine (C=N–C) groups is 1. The summed E-state index contributed by atoms with van der Waals surface area (Å²) < 4.78 is 5.17. The van der Waals surface area contributed by atoms with E-state index in [4.69, 9.17) is 10.5 Å². The predicted molar refractivity (Wildman–Crippen MR) is 87.9 cm³/mol. The summed E-state index contributed by atoms with van der Waals surface area (Å²) in [6.07, 6.45) is 3.87. The molecule has 1 aromatic rings. The molecule has 0 heterocycles. The van der Waals surface area contributed by atoms with Crippen molar-refractivity contribution in [3.63, 3.8) is 0 Å². The van der Waals surface area contributed by atoms with E-state index in [1.165, 1.54) is 19.3 Å².